The standard InChI is InChI=1S/C27H33N5O2S/c1-20-10-14-32(15-11-20)26(33)24-16-23(29-19-31-12-6-3-7-13-31)25(35-24)27(34)30(2)18-22-9-5-4-8-21(22)17-28/h4-5,8-9,16,19-20H,3,6-7,10-15,18H2,1-2H3. The van der Waals surface area contributed by atoms with Crippen LogP contribution in [0, 0.1) is 17.2 Å². The van der Waals surface area contributed by atoms with Crippen LogP contribution in [-0.2, 0) is 6.54 Å². The van der Waals surface area contributed by atoms with Gasteiger partial charge in [0.15, 0.2) is 0 Å². The Morgan fingerprint density at radius 3 is 2.60 bits per heavy atom. The maximum atomic E-state index is 13.5. The van der Waals surface area contributed by atoms with Crippen molar-refractivity contribution in [3.63, 3.8) is 0 Å². The van der Waals surface area contributed by atoms with Crippen LogP contribution in [-0.4, -0.2) is 66.1 Å². The summed E-state index contributed by atoms with van der Waals surface area (Å²) in [6.07, 6.45) is 7.33. The van der Waals surface area contributed by atoms with Crippen LogP contribution in [0.5, 0.6) is 0 Å². The molecule has 2 aromatic rings. The number of likely N-dealkylation sites (tertiary alicyclic amines) is 2. The van der Waals surface area contributed by atoms with Crippen molar-refractivity contribution in [3.05, 3.63) is 51.2 Å². The number of aliphatic imine (C=N–C) groups is 1. The molecular formula is C27H33N5O2S. The Morgan fingerprint density at radius 2 is 1.89 bits per heavy atom. The molecule has 2 amide bonds. The Kier molecular flexibility index (Phi) is 8.19. The molecule has 35 heavy (non-hydrogen) atoms. The molecule has 2 aliphatic heterocycles. The van der Waals surface area contributed by atoms with Crippen molar-refractivity contribution in [2.75, 3.05) is 33.2 Å². The van der Waals surface area contributed by atoms with Crippen LogP contribution in [0.1, 0.15) is 69.5 Å². The third-order valence-corrected chi connectivity index (χ3v) is 7.93. The Labute approximate surface area is 211 Å². The van der Waals surface area contributed by atoms with Crippen molar-refractivity contribution in [2.24, 2.45) is 10.9 Å². The molecule has 7 nitrogen and oxygen atoms in total. The number of nitriles is 1. The van der Waals surface area contributed by atoms with E-state index >= 15 is 0 Å². The van der Waals surface area contributed by atoms with Gasteiger partial charge in [0, 0.05) is 39.8 Å². The summed E-state index contributed by atoms with van der Waals surface area (Å²) in [5, 5.41) is 9.41. The van der Waals surface area contributed by atoms with E-state index in [1.807, 2.05) is 29.4 Å². The smallest absolute Gasteiger partial charge is 0.266 e. The van der Waals surface area contributed by atoms with Gasteiger partial charge in [-0.2, -0.15) is 5.26 Å². The van der Waals surface area contributed by atoms with Gasteiger partial charge in [-0.25, -0.2) is 4.99 Å². The summed E-state index contributed by atoms with van der Waals surface area (Å²) in [5.74, 6) is 0.418. The molecule has 1 aromatic heterocycles. The lowest BCUT2D eigenvalue weighted by molar-refractivity contribution is 0.0702. The fourth-order valence-corrected chi connectivity index (χ4v) is 5.62. The Bertz CT molecular complexity index is 1120. The number of hydrogen-bond acceptors (Lipinski definition) is 5. The van der Waals surface area contributed by atoms with Crippen molar-refractivity contribution in [1.82, 2.24) is 14.7 Å². The molecule has 0 radical (unpaired) electrons. The second kappa shape index (κ2) is 11.5. The van der Waals surface area contributed by atoms with Crippen LogP contribution >= 0.6 is 11.3 Å². The van der Waals surface area contributed by atoms with Crippen LogP contribution in [0.3, 0.4) is 0 Å². The van der Waals surface area contributed by atoms with E-state index in [1.54, 1.807) is 24.1 Å². The van der Waals surface area contributed by atoms with Gasteiger partial charge >= 0.3 is 0 Å². The zero-order valence-electron chi connectivity index (χ0n) is 20.6. The predicted molar refractivity (Wildman–Crippen MR) is 139 cm³/mol. The molecular weight excluding hydrogens is 458 g/mol. The summed E-state index contributed by atoms with van der Waals surface area (Å²) in [7, 11) is 1.72. The minimum atomic E-state index is -0.195. The number of carbonyl (C=O) groups is 2. The molecule has 0 atom stereocenters. The Hall–Kier alpha value is -3.18. The van der Waals surface area contributed by atoms with Crippen LogP contribution < -0.4 is 0 Å². The number of hydrogen-bond donors (Lipinski definition) is 0. The number of carbonyl (C=O) groups excluding carboxylic acids is 2. The van der Waals surface area contributed by atoms with Crippen molar-refractivity contribution in [1.29, 1.82) is 5.26 Å². The number of rotatable bonds is 6. The van der Waals surface area contributed by atoms with E-state index in [-0.39, 0.29) is 11.8 Å². The number of amides is 2. The minimum absolute atomic E-state index is 0.0205. The summed E-state index contributed by atoms with van der Waals surface area (Å²) in [5.41, 5.74) is 1.89. The lowest BCUT2D eigenvalue weighted by atomic mass is 9.99. The first-order valence-electron chi connectivity index (χ1n) is 12.4. The van der Waals surface area contributed by atoms with E-state index in [0.29, 0.717) is 33.5 Å². The van der Waals surface area contributed by atoms with E-state index in [1.165, 1.54) is 17.8 Å². The second-order valence-electron chi connectivity index (χ2n) is 9.57. The largest absolute Gasteiger partial charge is 0.363 e. The highest BCUT2D eigenvalue weighted by Gasteiger charge is 2.27. The van der Waals surface area contributed by atoms with Gasteiger partial charge in [0.1, 0.15) is 4.88 Å². The first kappa shape index (κ1) is 24.9. The van der Waals surface area contributed by atoms with E-state index in [9.17, 15) is 14.9 Å². The first-order valence-corrected chi connectivity index (χ1v) is 13.2. The van der Waals surface area contributed by atoms with E-state index in [4.69, 9.17) is 0 Å². The van der Waals surface area contributed by atoms with Crippen molar-refractivity contribution < 1.29 is 9.59 Å². The molecule has 1 aromatic carbocycles. The third-order valence-electron chi connectivity index (χ3n) is 6.83. The van der Waals surface area contributed by atoms with Gasteiger partial charge in [-0.15, -0.1) is 11.3 Å². The predicted octanol–water partition coefficient (Wildman–Crippen LogP) is 4.91. The quantitative estimate of drug-likeness (QED) is 0.425. The molecule has 0 saturated carbocycles. The van der Waals surface area contributed by atoms with Gasteiger partial charge in [0.2, 0.25) is 0 Å². The normalized spacial score (nSPS) is 16.9. The van der Waals surface area contributed by atoms with Crippen LogP contribution in [0.2, 0.25) is 0 Å². The Morgan fingerprint density at radius 1 is 1.17 bits per heavy atom. The summed E-state index contributed by atoms with van der Waals surface area (Å²) in [6.45, 7) is 5.94. The lowest BCUT2D eigenvalue weighted by Crippen LogP contribution is -2.37. The maximum absolute atomic E-state index is 13.5. The molecule has 2 fully saturated rings. The van der Waals surface area contributed by atoms with Gasteiger partial charge in [0.25, 0.3) is 11.8 Å². The highest BCUT2D eigenvalue weighted by Crippen LogP contribution is 2.33. The maximum Gasteiger partial charge on any atom is 0.266 e. The third kappa shape index (κ3) is 6.09. The van der Waals surface area contributed by atoms with Crippen molar-refractivity contribution in [3.8, 4) is 6.07 Å². The molecule has 0 unspecified atom stereocenters. The SMILES string of the molecule is CC1CCN(C(=O)c2cc(N=CN3CCCCC3)c(C(=O)N(C)Cc3ccccc3C#N)s2)CC1. The summed E-state index contributed by atoms with van der Waals surface area (Å²) >= 11 is 1.23. The zero-order valence-corrected chi connectivity index (χ0v) is 21.4. The average molecular weight is 492 g/mol. The number of nitrogens with zero attached hydrogens (tertiary/aromatic N) is 5. The van der Waals surface area contributed by atoms with Gasteiger partial charge < -0.3 is 14.7 Å². The van der Waals surface area contributed by atoms with E-state index in [2.05, 4.69) is 22.9 Å². The first-order chi connectivity index (χ1) is 17.0. The zero-order chi connectivity index (χ0) is 24.8. The van der Waals surface area contributed by atoms with Gasteiger partial charge in [-0.05, 0) is 55.7 Å². The highest BCUT2D eigenvalue weighted by atomic mass is 32.1. The minimum Gasteiger partial charge on any atom is -0.363 e. The Balaban J connectivity index is 1.58. The number of thiophene rings is 1. The lowest BCUT2D eigenvalue weighted by Gasteiger charge is -2.29. The molecule has 0 bridgehead atoms. The van der Waals surface area contributed by atoms with Gasteiger partial charge in [-0.1, -0.05) is 25.1 Å². The van der Waals surface area contributed by atoms with Crippen molar-refractivity contribution >= 4 is 35.2 Å². The fourth-order valence-electron chi connectivity index (χ4n) is 4.55. The van der Waals surface area contributed by atoms with Crippen LogP contribution in [0.4, 0.5) is 5.69 Å². The number of benzene rings is 1. The topological polar surface area (TPSA) is 80.0 Å². The van der Waals surface area contributed by atoms with Gasteiger partial charge in [-0.3, -0.25) is 9.59 Å². The molecule has 0 aliphatic carbocycles. The molecule has 0 N–H and O–H groups in total. The second-order valence-corrected chi connectivity index (χ2v) is 10.6. The molecule has 3 heterocycles. The summed E-state index contributed by atoms with van der Waals surface area (Å²) in [6, 6.07) is 11.3. The van der Waals surface area contributed by atoms with Crippen LogP contribution in [0.25, 0.3) is 0 Å². The summed E-state index contributed by atoms with van der Waals surface area (Å²) < 4.78 is 0. The highest BCUT2D eigenvalue weighted by molar-refractivity contribution is 7.16. The molecule has 8 heteroatoms. The van der Waals surface area contributed by atoms with E-state index < -0.39 is 0 Å². The average Bonchev–Trinajstić information content (AvgIpc) is 3.32. The van der Waals surface area contributed by atoms with Gasteiger partial charge in [0.05, 0.1) is 28.5 Å². The monoisotopic (exact) mass is 491 g/mol. The molecule has 0 spiro atoms. The van der Waals surface area contributed by atoms with Crippen LogP contribution in [0.15, 0.2) is 35.3 Å². The molecule has 4 rings (SSSR count). The molecule has 184 valence electrons. The number of piperidine rings is 2. The van der Waals surface area contributed by atoms with E-state index in [0.717, 1.165) is 57.4 Å². The van der Waals surface area contributed by atoms with Crippen molar-refractivity contribution in [2.45, 2.75) is 45.6 Å². The summed E-state index contributed by atoms with van der Waals surface area (Å²) in [4.78, 5) is 38.1. The molecule has 2 aliphatic rings. The fraction of sp³-hybridized carbons (Fsp3) is 0.481. The molecule has 2 saturated heterocycles.